The highest BCUT2D eigenvalue weighted by molar-refractivity contribution is 5.80. The third-order valence-electron chi connectivity index (χ3n) is 3.92. The van der Waals surface area contributed by atoms with Crippen LogP contribution < -0.4 is 11.3 Å². The zero-order chi connectivity index (χ0) is 13.1. The van der Waals surface area contributed by atoms with Crippen LogP contribution in [0.5, 0.6) is 0 Å². The number of carbonyl (C=O) groups is 1. The largest absolute Gasteiger partial charge is 0.364 e. The molecule has 0 aromatic rings. The zero-order valence-electron chi connectivity index (χ0n) is 11.3. The van der Waals surface area contributed by atoms with E-state index in [-0.39, 0.29) is 23.7 Å². The van der Waals surface area contributed by atoms with Crippen molar-refractivity contribution in [1.29, 1.82) is 0 Å². The second-order valence-electron chi connectivity index (χ2n) is 5.38. The van der Waals surface area contributed by atoms with Crippen LogP contribution >= 0.6 is 0 Å². The summed E-state index contributed by atoms with van der Waals surface area (Å²) in [6.07, 6.45) is 2.52. The second-order valence-corrected chi connectivity index (χ2v) is 5.38. The minimum absolute atomic E-state index is 0.133. The van der Waals surface area contributed by atoms with Crippen LogP contribution in [-0.4, -0.2) is 42.1 Å². The Hall–Kier alpha value is -0.650. The van der Waals surface area contributed by atoms with Crippen LogP contribution in [0, 0.1) is 0 Å². The maximum absolute atomic E-state index is 11.3. The van der Waals surface area contributed by atoms with Gasteiger partial charge in [0.2, 0.25) is 0 Å². The molecule has 0 aromatic heterocycles. The predicted octanol–water partition coefficient (Wildman–Crippen LogP) is 0.644. The van der Waals surface area contributed by atoms with Crippen molar-refractivity contribution in [2.75, 3.05) is 13.6 Å². The van der Waals surface area contributed by atoms with Gasteiger partial charge >= 0.3 is 0 Å². The quantitative estimate of drug-likeness (QED) is 0.422. The van der Waals surface area contributed by atoms with Crippen LogP contribution in [0.4, 0.5) is 0 Å². The first-order valence-electron chi connectivity index (χ1n) is 6.28. The molecule has 1 saturated heterocycles. The smallest absolute Gasteiger partial charge is 0.263 e. The summed E-state index contributed by atoms with van der Waals surface area (Å²) < 4.78 is 5.69. The number of ether oxygens (including phenoxy) is 1. The highest BCUT2D eigenvalue weighted by Gasteiger charge is 2.33. The Morgan fingerprint density at radius 1 is 1.53 bits per heavy atom. The molecule has 5 nitrogen and oxygen atoms in total. The Balaban J connectivity index is 2.43. The number of amides is 1. The number of likely N-dealkylation sites (N-methyl/N-ethyl adjacent to an activating group) is 1. The molecule has 1 aliphatic rings. The standard InChI is InChI=1S/C12H25N3O2/c1-5-12(2,3)15(4)8-9-6-7-10(17-9)11(16)14-13/h9-10H,5-8,13H2,1-4H3,(H,14,16). The number of carbonyl (C=O) groups excluding carboxylic acids is 1. The fourth-order valence-corrected chi connectivity index (χ4v) is 1.95. The summed E-state index contributed by atoms with van der Waals surface area (Å²) in [5.41, 5.74) is 2.31. The van der Waals surface area contributed by atoms with Gasteiger partial charge in [0.1, 0.15) is 6.10 Å². The van der Waals surface area contributed by atoms with Crippen molar-refractivity contribution in [2.45, 2.75) is 57.8 Å². The van der Waals surface area contributed by atoms with E-state index in [1.807, 2.05) is 0 Å². The van der Waals surface area contributed by atoms with E-state index in [9.17, 15) is 4.79 Å². The topological polar surface area (TPSA) is 67.6 Å². The summed E-state index contributed by atoms with van der Waals surface area (Å²) in [5, 5.41) is 0. The minimum Gasteiger partial charge on any atom is -0.364 e. The summed E-state index contributed by atoms with van der Waals surface area (Å²) in [7, 11) is 2.10. The molecule has 5 heteroatoms. The third-order valence-corrected chi connectivity index (χ3v) is 3.92. The molecule has 1 amide bonds. The van der Waals surface area contributed by atoms with Gasteiger partial charge in [-0.15, -0.1) is 0 Å². The number of hydrogen-bond donors (Lipinski definition) is 2. The Morgan fingerprint density at radius 2 is 2.18 bits per heavy atom. The summed E-state index contributed by atoms with van der Waals surface area (Å²) in [5.74, 6) is 4.88. The monoisotopic (exact) mass is 243 g/mol. The Morgan fingerprint density at radius 3 is 2.71 bits per heavy atom. The van der Waals surface area contributed by atoms with Crippen LogP contribution in [0.25, 0.3) is 0 Å². The molecule has 0 aliphatic carbocycles. The van der Waals surface area contributed by atoms with Gasteiger partial charge in [0.05, 0.1) is 6.10 Å². The molecule has 1 aliphatic heterocycles. The van der Waals surface area contributed by atoms with Gasteiger partial charge in [0, 0.05) is 12.1 Å². The van der Waals surface area contributed by atoms with Crippen molar-refractivity contribution in [1.82, 2.24) is 10.3 Å². The zero-order valence-corrected chi connectivity index (χ0v) is 11.3. The first-order valence-corrected chi connectivity index (χ1v) is 6.28. The van der Waals surface area contributed by atoms with E-state index in [0.717, 1.165) is 25.8 Å². The average molecular weight is 243 g/mol. The summed E-state index contributed by atoms with van der Waals surface area (Å²) in [6.45, 7) is 7.46. The SMILES string of the molecule is CCC(C)(C)N(C)CC1CCC(C(=O)NN)O1. The molecule has 0 radical (unpaired) electrons. The first-order chi connectivity index (χ1) is 7.90. The van der Waals surface area contributed by atoms with E-state index < -0.39 is 0 Å². The number of nitrogens with two attached hydrogens (primary N) is 1. The van der Waals surface area contributed by atoms with Crippen molar-refractivity contribution < 1.29 is 9.53 Å². The van der Waals surface area contributed by atoms with Crippen molar-refractivity contribution in [3.05, 3.63) is 0 Å². The minimum atomic E-state index is -0.372. The second kappa shape index (κ2) is 5.80. The molecule has 100 valence electrons. The predicted molar refractivity (Wildman–Crippen MR) is 67.2 cm³/mol. The maximum atomic E-state index is 11.3. The molecule has 17 heavy (non-hydrogen) atoms. The van der Waals surface area contributed by atoms with Crippen LogP contribution in [0.1, 0.15) is 40.0 Å². The fraction of sp³-hybridized carbons (Fsp3) is 0.917. The van der Waals surface area contributed by atoms with Crippen LogP contribution in [0.15, 0.2) is 0 Å². The van der Waals surface area contributed by atoms with Crippen molar-refractivity contribution in [3.63, 3.8) is 0 Å². The molecule has 1 rings (SSSR count). The number of nitrogens with one attached hydrogen (secondary N) is 1. The lowest BCUT2D eigenvalue weighted by atomic mass is 9.99. The Kier molecular flexibility index (Phi) is 4.91. The number of nitrogens with zero attached hydrogens (tertiary/aromatic N) is 1. The highest BCUT2D eigenvalue weighted by atomic mass is 16.5. The Bertz CT molecular complexity index is 268. The molecule has 1 fully saturated rings. The highest BCUT2D eigenvalue weighted by Crippen LogP contribution is 2.24. The van der Waals surface area contributed by atoms with Gasteiger partial charge < -0.3 is 4.74 Å². The molecule has 0 bridgehead atoms. The van der Waals surface area contributed by atoms with Crippen LogP contribution in [0.2, 0.25) is 0 Å². The lowest BCUT2D eigenvalue weighted by Crippen LogP contribution is -2.45. The van der Waals surface area contributed by atoms with E-state index in [1.54, 1.807) is 0 Å². The molecule has 0 spiro atoms. The molecule has 2 atom stereocenters. The van der Waals surface area contributed by atoms with Gasteiger partial charge in [-0.3, -0.25) is 15.1 Å². The fourth-order valence-electron chi connectivity index (χ4n) is 1.95. The molecule has 0 saturated carbocycles. The van der Waals surface area contributed by atoms with E-state index in [2.05, 4.69) is 38.1 Å². The van der Waals surface area contributed by atoms with Crippen LogP contribution in [-0.2, 0) is 9.53 Å². The normalized spacial score (nSPS) is 25.3. The van der Waals surface area contributed by atoms with E-state index >= 15 is 0 Å². The van der Waals surface area contributed by atoms with Gasteiger partial charge in [-0.25, -0.2) is 5.84 Å². The first kappa shape index (κ1) is 14.4. The van der Waals surface area contributed by atoms with Gasteiger partial charge in [0.25, 0.3) is 5.91 Å². The summed E-state index contributed by atoms with van der Waals surface area (Å²) in [4.78, 5) is 13.6. The number of hydrogen-bond acceptors (Lipinski definition) is 4. The van der Waals surface area contributed by atoms with E-state index in [4.69, 9.17) is 10.6 Å². The molecule has 0 aromatic carbocycles. The molecule has 2 unspecified atom stereocenters. The van der Waals surface area contributed by atoms with E-state index in [0.29, 0.717) is 0 Å². The van der Waals surface area contributed by atoms with Gasteiger partial charge in [-0.05, 0) is 40.2 Å². The van der Waals surface area contributed by atoms with Gasteiger partial charge in [-0.2, -0.15) is 0 Å². The third kappa shape index (κ3) is 3.66. The molecular weight excluding hydrogens is 218 g/mol. The molecule has 1 heterocycles. The van der Waals surface area contributed by atoms with Crippen molar-refractivity contribution >= 4 is 5.91 Å². The van der Waals surface area contributed by atoms with E-state index in [1.165, 1.54) is 0 Å². The van der Waals surface area contributed by atoms with Crippen molar-refractivity contribution in [3.8, 4) is 0 Å². The Labute approximate surface area is 104 Å². The number of rotatable bonds is 5. The average Bonchev–Trinajstić information content (AvgIpc) is 2.76. The van der Waals surface area contributed by atoms with Crippen molar-refractivity contribution in [2.24, 2.45) is 5.84 Å². The summed E-state index contributed by atoms with van der Waals surface area (Å²) >= 11 is 0. The maximum Gasteiger partial charge on any atom is 0.263 e. The lowest BCUT2D eigenvalue weighted by molar-refractivity contribution is -0.132. The van der Waals surface area contributed by atoms with Crippen LogP contribution in [0.3, 0.4) is 0 Å². The molecule has 3 N–H and O–H groups in total. The lowest BCUT2D eigenvalue weighted by Gasteiger charge is -2.36. The van der Waals surface area contributed by atoms with Gasteiger partial charge in [-0.1, -0.05) is 6.92 Å². The van der Waals surface area contributed by atoms with Gasteiger partial charge in [0.15, 0.2) is 0 Å². The molecular formula is C12H25N3O2. The number of hydrazine groups is 1. The summed E-state index contributed by atoms with van der Waals surface area (Å²) in [6, 6.07) is 0.